The maximum absolute atomic E-state index is 12.2. The first kappa shape index (κ1) is 14.1. The Balaban J connectivity index is 1.79. The predicted molar refractivity (Wildman–Crippen MR) is 78.0 cm³/mol. The highest BCUT2D eigenvalue weighted by Crippen LogP contribution is 2.08. The van der Waals surface area contributed by atoms with E-state index in [1.807, 2.05) is 35.2 Å². The lowest BCUT2D eigenvalue weighted by molar-refractivity contribution is -0.132. The first-order valence-electron chi connectivity index (χ1n) is 7.19. The fourth-order valence-electron chi connectivity index (χ4n) is 2.58. The molecule has 1 aliphatic rings. The van der Waals surface area contributed by atoms with Crippen molar-refractivity contribution in [2.45, 2.75) is 20.3 Å². The second-order valence-corrected chi connectivity index (χ2v) is 5.74. The monoisotopic (exact) mass is 260 g/mol. The lowest BCUT2D eigenvalue weighted by Crippen LogP contribution is -2.49. The molecule has 1 saturated heterocycles. The largest absolute Gasteiger partial charge is 0.340 e. The molecule has 2 rings (SSSR count). The van der Waals surface area contributed by atoms with Gasteiger partial charge in [-0.2, -0.15) is 0 Å². The molecule has 0 atom stereocenters. The Kier molecular flexibility index (Phi) is 4.97. The zero-order valence-electron chi connectivity index (χ0n) is 12.0. The highest BCUT2D eigenvalue weighted by atomic mass is 16.2. The van der Waals surface area contributed by atoms with Crippen LogP contribution in [0.3, 0.4) is 0 Å². The van der Waals surface area contributed by atoms with Crippen LogP contribution in [-0.4, -0.2) is 48.4 Å². The quantitative estimate of drug-likeness (QED) is 0.827. The Bertz CT molecular complexity index is 394. The van der Waals surface area contributed by atoms with Crippen LogP contribution < -0.4 is 0 Å². The summed E-state index contributed by atoms with van der Waals surface area (Å²) in [4.78, 5) is 16.7. The molecule has 0 aliphatic carbocycles. The van der Waals surface area contributed by atoms with Crippen molar-refractivity contribution < 1.29 is 4.79 Å². The van der Waals surface area contributed by atoms with Crippen molar-refractivity contribution in [3.63, 3.8) is 0 Å². The van der Waals surface area contributed by atoms with Crippen molar-refractivity contribution >= 4 is 5.91 Å². The second kappa shape index (κ2) is 6.71. The SMILES string of the molecule is CC(C)CN1CCN(C(=O)Cc2ccccc2)CC1. The van der Waals surface area contributed by atoms with E-state index in [1.54, 1.807) is 0 Å². The van der Waals surface area contributed by atoms with Gasteiger partial charge >= 0.3 is 0 Å². The van der Waals surface area contributed by atoms with Gasteiger partial charge in [-0.3, -0.25) is 9.69 Å². The van der Waals surface area contributed by atoms with Gasteiger partial charge in [0.1, 0.15) is 0 Å². The molecular weight excluding hydrogens is 236 g/mol. The van der Waals surface area contributed by atoms with Gasteiger partial charge in [0.15, 0.2) is 0 Å². The summed E-state index contributed by atoms with van der Waals surface area (Å²) >= 11 is 0. The molecule has 0 spiro atoms. The molecule has 0 saturated carbocycles. The average molecular weight is 260 g/mol. The fraction of sp³-hybridized carbons (Fsp3) is 0.562. The van der Waals surface area contributed by atoms with Crippen molar-refractivity contribution in [1.29, 1.82) is 0 Å². The smallest absolute Gasteiger partial charge is 0.227 e. The molecule has 0 radical (unpaired) electrons. The Morgan fingerprint density at radius 1 is 1.11 bits per heavy atom. The van der Waals surface area contributed by atoms with E-state index in [-0.39, 0.29) is 5.91 Å². The van der Waals surface area contributed by atoms with Gasteiger partial charge in [-0.25, -0.2) is 0 Å². The van der Waals surface area contributed by atoms with Crippen LogP contribution in [0.4, 0.5) is 0 Å². The van der Waals surface area contributed by atoms with Crippen molar-refractivity contribution in [1.82, 2.24) is 9.80 Å². The molecule has 1 aromatic carbocycles. The third-order valence-corrected chi connectivity index (χ3v) is 3.55. The van der Waals surface area contributed by atoms with E-state index in [4.69, 9.17) is 0 Å². The third-order valence-electron chi connectivity index (χ3n) is 3.55. The van der Waals surface area contributed by atoms with Gasteiger partial charge in [0, 0.05) is 32.7 Å². The Morgan fingerprint density at radius 2 is 1.74 bits per heavy atom. The number of piperazine rings is 1. The van der Waals surface area contributed by atoms with Gasteiger partial charge in [0.2, 0.25) is 5.91 Å². The van der Waals surface area contributed by atoms with Crippen LogP contribution in [0.25, 0.3) is 0 Å². The first-order valence-corrected chi connectivity index (χ1v) is 7.19. The first-order chi connectivity index (χ1) is 9.15. The molecule has 19 heavy (non-hydrogen) atoms. The lowest BCUT2D eigenvalue weighted by atomic mass is 10.1. The van der Waals surface area contributed by atoms with Gasteiger partial charge in [-0.1, -0.05) is 44.2 Å². The molecule has 1 aromatic rings. The Labute approximate surface area is 116 Å². The molecule has 0 unspecified atom stereocenters. The molecule has 0 N–H and O–H groups in total. The van der Waals surface area contributed by atoms with Gasteiger partial charge in [0.25, 0.3) is 0 Å². The molecular formula is C16H24N2O. The lowest BCUT2D eigenvalue weighted by Gasteiger charge is -2.35. The molecule has 0 bridgehead atoms. The Morgan fingerprint density at radius 3 is 2.32 bits per heavy atom. The molecule has 1 fully saturated rings. The van der Waals surface area contributed by atoms with Crippen molar-refractivity contribution in [2.24, 2.45) is 5.92 Å². The minimum absolute atomic E-state index is 0.260. The zero-order valence-corrected chi connectivity index (χ0v) is 12.0. The number of carbonyl (C=O) groups is 1. The van der Waals surface area contributed by atoms with Crippen LogP contribution in [0, 0.1) is 5.92 Å². The van der Waals surface area contributed by atoms with Crippen LogP contribution in [0.15, 0.2) is 30.3 Å². The topological polar surface area (TPSA) is 23.6 Å². The molecule has 1 amide bonds. The molecule has 1 aliphatic heterocycles. The second-order valence-electron chi connectivity index (χ2n) is 5.74. The number of carbonyl (C=O) groups excluding carboxylic acids is 1. The van der Waals surface area contributed by atoms with Crippen LogP contribution in [0.5, 0.6) is 0 Å². The van der Waals surface area contributed by atoms with Gasteiger partial charge in [-0.15, -0.1) is 0 Å². The summed E-state index contributed by atoms with van der Waals surface area (Å²) < 4.78 is 0. The normalized spacial score (nSPS) is 16.9. The number of amides is 1. The van der Waals surface area contributed by atoms with E-state index in [9.17, 15) is 4.79 Å². The van der Waals surface area contributed by atoms with E-state index in [0.717, 1.165) is 38.3 Å². The maximum atomic E-state index is 12.2. The highest BCUT2D eigenvalue weighted by molar-refractivity contribution is 5.78. The summed E-state index contributed by atoms with van der Waals surface area (Å²) in [5.74, 6) is 0.960. The summed E-state index contributed by atoms with van der Waals surface area (Å²) in [6.45, 7) is 9.40. The number of nitrogens with zero attached hydrogens (tertiary/aromatic N) is 2. The van der Waals surface area contributed by atoms with E-state index < -0.39 is 0 Å². The van der Waals surface area contributed by atoms with Gasteiger partial charge in [0.05, 0.1) is 6.42 Å². The average Bonchev–Trinajstić information content (AvgIpc) is 2.40. The van der Waals surface area contributed by atoms with Crippen LogP contribution in [0.2, 0.25) is 0 Å². The summed E-state index contributed by atoms with van der Waals surface area (Å²) in [5, 5.41) is 0. The molecule has 3 nitrogen and oxygen atoms in total. The van der Waals surface area contributed by atoms with Crippen molar-refractivity contribution in [3.8, 4) is 0 Å². The van der Waals surface area contributed by atoms with E-state index in [0.29, 0.717) is 12.3 Å². The number of hydrogen-bond acceptors (Lipinski definition) is 2. The summed E-state index contributed by atoms with van der Waals surface area (Å²) in [6.07, 6.45) is 0.533. The molecule has 104 valence electrons. The predicted octanol–water partition coefficient (Wildman–Crippen LogP) is 2.03. The summed E-state index contributed by atoms with van der Waals surface area (Å²) in [6, 6.07) is 10.0. The van der Waals surface area contributed by atoms with E-state index >= 15 is 0 Å². The molecule has 0 aromatic heterocycles. The highest BCUT2D eigenvalue weighted by Gasteiger charge is 2.21. The summed E-state index contributed by atoms with van der Waals surface area (Å²) in [5.41, 5.74) is 1.11. The fourth-order valence-corrected chi connectivity index (χ4v) is 2.58. The van der Waals surface area contributed by atoms with Crippen molar-refractivity contribution in [2.75, 3.05) is 32.7 Å². The molecule has 1 heterocycles. The number of rotatable bonds is 4. The van der Waals surface area contributed by atoms with Crippen molar-refractivity contribution in [3.05, 3.63) is 35.9 Å². The third kappa shape index (κ3) is 4.35. The van der Waals surface area contributed by atoms with E-state index in [1.165, 1.54) is 0 Å². The standard InChI is InChI=1S/C16H24N2O/c1-14(2)13-17-8-10-18(11-9-17)16(19)12-15-6-4-3-5-7-15/h3-7,14H,8-13H2,1-2H3. The van der Waals surface area contributed by atoms with Crippen LogP contribution in [-0.2, 0) is 11.2 Å². The van der Waals surface area contributed by atoms with Crippen LogP contribution >= 0.6 is 0 Å². The Hall–Kier alpha value is -1.35. The van der Waals surface area contributed by atoms with E-state index in [2.05, 4.69) is 18.7 Å². The minimum atomic E-state index is 0.260. The maximum Gasteiger partial charge on any atom is 0.227 e. The van der Waals surface area contributed by atoms with Gasteiger partial charge < -0.3 is 4.90 Å². The number of benzene rings is 1. The van der Waals surface area contributed by atoms with Crippen LogP contribution in [0.1, 0.15) is 19.4 Å². The molecule has 3 heteroatoms. The minimum Gasteiger partial charge on any atom is -0.340 e. The van der Waals surface area contributed by atoms with Gasteiger partial charge in [-0.05, 0) is 11.5 Å². The number of hydrogen-bond donors (Lipinski definition) is 0. The summed E-state index contributed by atoms with van der Waals surface area (Å²) in [7, 11) is 0. The zero-order chi connectivity index (χ0) is 13.7.